The lowest BCUT2D eigenvalue weighted by Gasteiger charge is -2.39. The van der Waals surface area contributed by atoms with Crippen molar-refractivity contribution in [2.75, 3.05) is 26.7 Å². The van der Waals surface area contributed by atoms with Gasteiger partial charge in [-0.1, -0.05) is 0 Å². The standard InChI is InChI=1S/C12H24N4O/c1-14-12(17)8-16-4-2-10(3-5-16)15-11-6-9(13)7-11/h9-11,15H,2-8,13H2,1H3,(H,14,17). The van der Waals surface area contributed by atoms with E-state index < -0.39 is 0 Å². The molecule has 1 aliphatic heterocycles. The lowest BCUT2D eigenvalue weighted by molar-refractivity contribution is -0.122. The average Bonchev–Trinajstić information content (AvgIpc) is 2.29. The largest absolute Gasteiger partial charge is 0.358 e. The van der Waals surface area contributed by atoms with Gasteiger partial charge in [-0.3, -0.25) is 9.69 Å². The third kappa shape index (κ3) is 3.66. The van der Waals surface area contributed by atoms with Gasteiger partial charge in [0.25, 0.3) is 0 Å². The van der Waals surface area contributed by atoms with E-state index in [1.807, 2.05) is 0 Å². The maximum absolute atomic E-state index is 11.2. The maximum Gasteiger partial charge on any atom is 0.233 e. The van der Waals surface area contributed by atoms with Crippen LogP contribution in [0, 0.1) is 0 Å². The second-order valence-electron chi connectivity index (χ2n) is 5.32. The summed E-state index contributed by atoms with van der Waals surface area (Å²) >= 11 is 0. The maximum atomic E-state index is 11.2. The minimum absolute atomic E-state index is 0.112. The van der Waals surface area contributed by atoms with Gasteiger partial charge in [-0.15, -0.1) is 0 Å². The molecule has 98 valence electrons. The number of likely N-dealkylation sites (tertiary alicyclic amines) is 1. The smallest absolute Gasteiger partial charge is 0.233 e. The van der Waals surface area contributed by atoms with Gasteiger partial charge in [-0.25, -0.2) is 0 Å². The third-order valence-corrected chi connectivity index (χ3v) is 3.88. The van der Waals surface area contributed by atoms with E-state index in [1.165, 1.54) is 0 Å². The molecule has 2 rings (SSSR count). The van der Waals surface area contributed by atoms with Gasteiger partial charge in [0.15, 0.2) is 0 Å². The molecule has 0 radical (unpaired) electrons. The fraction of sp³-hybridized carbons (Fsp3) is 0.917. The SMILES string of the molecule is CNC(=O)CN1CCC(NC2CC(N)C2)CC1. The highest BCUT2D eigenvalue weighted by Gasteiger charge is 2.29. The number of carbonyl (C=O) groups is 1. The van der Waals surface area contributed by atoms with E-state index in [0.717, 1.165) is 38.8 Å². The molecule has 5 nitrogen and oxygen atoms in total. The van der Waals surface area contributed by atoms with Crippen LogP contribution in [-0.4, -0.2) is 55.6 Å². The zero-order valence-corrected chi connectivity index (χ0v) is 10.6. The minimum Gasteiger partial charge on any atom is -0.358 e. The van der Waals surface area contributed by atoms with Crippen molar-refractivity contribution >= 4 is 5.91 Å². The molecule has 1 amide bonds. The van der Waals surface area contributed by atoms with Crippen LogP contribution in [0.1, 0.15) is 25.7 Å². The molecule has 17 heavy (non-hydrogen) atoms. The summed E-state index contributed by atoms with van der Waals surface area (Å²) in [4.78, 5) is 13.5. The molecule has 4 N–H and O–H groups in total. The number of amides is 1. The van der Waals surface area contributed by atoms with Gasteiger partial charge in [-0.05, 0) is 25.7 Å². The lowest BCUT2D eigenvalue weighted by Crippen LogP contribution is -2.54. The Kier molecular flexibility index (Phi) is 4.36. The molecule has 0 aromatic heterocycles. The van der Waals surface area contributed by atoms with Crippen LogP contribution in [-0.2, 0) is 4.79 Å². The van der Waals surface area contributed by atoms with Crippen molar-refractivity contribution in [1.29, 1.82) is 0 Å². The normalized spacial score (nSPS) is 30.9. The molecular formula is C12H24N4O. The van der Waals surface area contributed by atoms with Crippen LogP contribution in [0.5, 0.6) is 0 Å². The summed E-state index contributed by atoms with van der Waals surface area (Å²) in [5.74, 6) is 0.112. The van der Waals surface area contributed by atoms with Crippen molar-refractivity contribution < 1.29 is 4.79 Å². The quantitative estimate of drug-likeness (QED) is 0.606. The van der Waals surface area contributed by atoms with Gasteiger partial charge < -0.3 is 16.4 Å². The molecule has 1 aliphatic carbocycles. The molecular weight excluding hydrogens is 216 g/mol. The Morgan fingerprint density at radius 3 is 2.47 bits per heavy atom. The number of likely N-dealkylation sites (N-methyl/N-ethyl adjacent to an activating group) is 1. The highest BCUT2D eigenvalue weighted by Crippen LogP contribution is 2.20. The first-order valence-electron chi connectivity index (χ1n) is 6.62. The summed E-state index contributed by atoms with van der Waals surface area (Å²) in [6, 6.07) is 1.68. The van der Waals surface area contributed by atoms with E-state index in [0.29, 0.717) is 24.7 Å². The van der Waals surface area contributed by atoms with Crippen molar-refractivity contribution in [3.63, 3.8) is 0 Å². The van der Waals surface area contributed by atoms with Crippen LogP contribution in [0.4, 0.5) is 0 Å². The van der Waals surface area contributed by atoms with Crippen molar-refractivity contribution in [2.24, 2.45) is 5.73 Å². The monoisotopic (exact) mass is 240 g/mol. The summed E-state index contributed by atoms with van der Waals surface area (Å²) in [6.07, 6.45) is 4.53. The molecule has 1 heterocycles. The Labute approximate surface area is 103 Å². The fourth-order valence-corrected chi connectivity index (χ4v) is 2.67. The first kappa shape index (κ1) is 12.8. The van der Waals surface area contributed by atoms with Crippen LogP contribution in [0.2, 0.25) is 0 Å². The Hall–Kier alpha value is -0.650. The Morgan fingerprint density at radius 2 is 1.94 bits per heavy atom. The molecule has 2 aliphatic rings. The number of nitrogens with two attached hydrogens (primary N) is 1. The summed E-state index contributed by atoms with van der Waals surface area (Å²) in [6.45, 7) is 2.57. The number of nitrogens with zero attached hydrogens (tertiary/aromatic N) is 1. The molecule has 0 aromatic carbocycles. The minimum atomic E-state index is 0.112. The number of hydrogen-bond acceptors (Lipinski definition) is 4. The second kappa shape index (κ2) is 5.80. The molecule has 0 atom stereocenters. The average molecular weight is 240 g/mol. The molecule has 1 saturated heterocycles. The number of nitrogens with one attached hydrogen (secondary N) is 2. The van der Waals surface area contributed by atoms with Crippen LogP contribution < -0.4 is 16.4 Å². The molecule has 0 spiro atoms. The van der Waals surface area contributed by atoms with E-state index >= 15 is 0 Å². The van der Waals surface area contributed by atoms with Gasteiger partial charge in [0.05, 0.1) is 6.54 Å². The highest BCUT2D eigenvalue weighted by atomic mass is 16.1. The van der Waals surface area contributed by atoms with E-state index in [9.17, 15) is 4.79 Å². The Balaban J connectivity index is 1.62. The van der Waals surface area contributed by atoms with Crippen LogP contribution >= 0.6 is 0 Å². The first-order chi connectivity index (χ1) is 8.17. The third-order valence-electron chi connectivity index (χ3n) is 3.88. The Bertz CT molecular complexity index is 257. The topological polar surface area (TPSA) is 70.4 Å². The predicted molar refractivity (Wildman–Crippen MR) is 67.7 cm³/mol. The van der Waals surface area contributed by atoms with Crippen LogP contribution in [0.25, 0.3) is 0 Å². The molecule has 1 saturated carbocycles. The van der Waals surface area contributed by atoms with E-state index in [1.54, 1.807) is 7.05 Å². The van der Waals surface area contributed by atoms with E-state index in [-0.39, 0.29) is 5.91 Å². The second-order valence-corrected chi connectivity index (χ2v) is 5.32. The first-order valence-corrected chi connectivity index (χ1v) is 6.62. The zero-order valence-electron chi connectivity index (χ0n) is 10.6. The molecule has 0 aromatic rings. The van der Waals surface area contributed by atoms with Crippen molar-refractivity contribution in [1.82, 2.24) is 15.5 Å². The molecule has 0 unspecified atom stereocenters. The van der Waals surface area contributed by atoms with Crippen molar-refractivity contribution in [3.05, 3.63) is 0 Å². The van der Waals surface area contributed by atoms with Gasteiger partial charge in [0, 0.05) is 38.3 Å². The summed E-state index contributed by atoms with van der Waals surface area (Å²) in [7, 11) is 1.69. The van der Waals surface area contributed by atoms with Crippen LogP contribution in [0.15, 0.2) is 0 Å². The van der Waals surface area contributed by atoms with E-state index in [4.69, 9.17) is 5.73 Å². The van der Waals surface area contributed by atoms with Crippen molar-refractivity contribution in [3.8, 4) is 0 Å². The molecule has 5 heteroatoms. The lowest BCUT2D eigenvalue weighted by atomic mass is 9.86. The number of carbonyl (C=O) groups excluding carboxylic acids is 1. The van der Waals surface area contributed by atoms with Gasteiger partial charge in [0.2, 0.25) is 5.91 Å². The molecule has 2 fully saturated rings. The van der Waals surface area contributed by atoms with Gasteiger partial charge in [-0.2, -0.15) is 0 Å². The van der Waals surface area contributed by atoms with Gasteiger partial charge >= 0.3 is 0 Å². The zero-order chi connectivity index (χ0) is 12.3. The summed E-state index contributed by atoms with van der Waals surface area (Å²) in [5.41, 5.74) is 5.77. The van der Waals surface area contributed by atoms with E-state index in [2.05, 4.69) is 15.5 Å². The Morgan fingerprint density at radius 1 is 1.29 bits per heavy atom. The highest BCUT2D eigenvalue weighted by molar-refractivity contribution is 5.77. The predicted octanol–water partition coefficient (Wildman–Crippen LogP) is -0.724. The number of piperidine rings is 1. The van der Waals surface area contributed by atoms with Crippen LogP contribution in [0.3, 0.4) is 0 Å². The summed E-state index contributed by atoms with van der Waals surface area (Å²) < 4.78 is 0. The number of rotatable bonds is 4. The number of hydrogen-bond donors (Lipinski definition) is 3. The molecule has 0 bridgehead atoms. The van der Waals surface area contributed by atoms with Crippen molar-refractivity contribution in [2.45, 2.75) is 43.8 Å². The fourth-order valence-electron chi connectivity index (χ4n) is 2.67. The van der Waals surface area contributed by atoms with Gasteiger partial charge in [0.1, 0.15) is 0 Å². The summed E-state index contributed by atoms with van der Waals surface area (Å²) in [5, 5.41) is 6.34.